The highest BCUT2D eigenvalue weighted by molar-refractivity contribution is 5.27. The third-order valence-electron chi connectivity index (χ3n) is 4.00. The maximum atomic E-state index is 10.1. The number of hydrogen-bond donors (Lipinski definition) is 2. The van der Waals surface area contributed by atoms with E-state index in [2.05, 4.69) is 11.8 Å². The van der Waals surface area contributed by atoms with Gasteiger partial charge in [0.25, 0.3) is 0 Å². The predicted octanol–water partition coefficient (Wildman–Crippen LogP) is 0.994. The van der Waals surface area contributed by atoms with Crippen molar-refractivity contribution in [2.45, 2.75) is 38.1 Å². The minimum atomic E-state index is -0.517. The van der Waals surface area contributed by atoms with Gasteiger partial charge in [-0.15, -0.1) is 0 Å². The molecule has 1 aromatic rings. The van der Waals surface area contributed by atoms with Crippen LogP contribution in [0.4, 0.5) is 0 Å². The van der Waals surface area contributed by atoms with E-state index in [1.54, 1.807) is 0 Å². The van der Waals surface area contributed by atoms with Crippen molar-refractivity contribution in [3.05, 3.63) is 29.8 Å². The smallest absolute Gasteiger partial charge is 0.119 e. The number of nitrogens with zero attached hydrogens (tertiary/aromatic N) is 1. The number of aliphatic hydroxyl groups is 1. The quantitative estimate of drug-likeness (QED) is 0.785. The summed E-state index contributed by atoms with van der Waals surface area (Å²) in [5.74, 6) is 0.756. The van der Waals surface area contributed by atoms with Gasteiger partial charge in [-0.2, -0.15) is 0 Å². The summed E-state index contributed by atoms with van der Waals surface area (Å²) in [5.41, 5.74) is 6.62. The van der Waals surface area contributed by atoms with Crippen molar-refractivity contribution < 1.29 is 14.6 Å². The van der Waals surface area contributed by atoms with Gasteiger partial charge in [-0.25, -0.2) is 0 Å². The highest BCUT2D eigenvalue weighted by Gasteiger charge is 2.28. The van der Waals surface area contributed by atoms with Crippen LogP contribution < -0.4 is 10.5 Å². The van der Waals surface area contributed by atoms with E-state index >= 15 is 0 Å². The van der Waals surface area contributed by atoms with Crippen molar-refractivity contribution in [2.24, 2.45) is 5.73 Å². The Hall–Kier alpha value is -1.14. The number of nitrogens with two attached hydrogens (primary N) is 1. The van der Waals surface area contributed by atoms with Crippen LogP contribution in [0.3, 0.4) is 0 Å². The van der Waals surface area contributed by atoms with Crippen LogP contribution in [0.2, 0.25) is 0 Å². The fraction of sp³-hybridized carbons (Fsp3) is 0.625. The molecule has 1 saturated heterocycles. The zero-order valence-corrected chi connectivity index (χ0v) is 12.9. The highest BCUT2D eigenvalue weighted by atomic mass is 16.5. The number of aliphatic hydroxyl groups excluding tert-OH is 1. The van der Waals surface area contributed by atoms with E-state index in [1.165, 1.54) is 0 Å². The van der Waals surface area contributed by atoms with E-state index < -0.39 is 6.10 Å². The lowest BCUT2D eigenvalue weighted by Gasteiger charge is -2.28. The fourth-order valence-corrected chi connectivity index (χ4v) is 2.73. The second-order valence-electron chi connectivity index (χ2n) is 5.68. The van der Waals surface area contributed by atoms with Crippen molar-refractivity contribution in [1.82, 2.24) is 4.90 Å². The van der Waals surface area contributed by atoms with E-state index in [0.29, 0.717) is 19.1 Å². The third-order valence-corrected chi connectivity index (χ3v) is 4.00. The minimum Gasteiger partial charge on any atom is -0.491 e. The van der Waals surface area contributed by atoms with Crippen LogP contribution in [0.25, 0.3) is 0 Å². The molecule has 0 bridgehead atoms. The average Bonchev–Trinajstić information content (AvgIpc) is 2.92. The number of likely N-dealkylation sites (N-methyl/N-ethyl adjacent to an activating group) is 1. The Bertz CT molecular complexity index is 424. The Morgan fingerprint density at radius 1 is 1.43 bits per heavy atom. The Kier molecular flexibility index (Phi) is 5.99. The lowest BCUT2D eigenvalue weighted by molar-refractivity contribution is 0.0401. The maximum absolute atomic E-state index is 10.1. The van der Waals surface area contributed by atoms with Gasteiger partial charge < -0.3 is 20.3 Å². The van der Waals surface area contributed by atoms with Crippen LogP contribution in [0.15, 0.2) is 24.3 Å². The molecule has 0 aromatic heterocycles. The maximum Gasteiger partial charge on any atom is 0.119 e. The Labute approximate surface area is 126 Å². The minimum absolute atomic E-state index is 0.229. The molecule has 5 nitrogen and oxygen atoms in total. The molecular formula is C16H26N2O3. The van der Waals surface area contributed by atoms with Crippen molar-refractivity contribution >= 4 is 0 Å². The molecule has 0 amide bonds. The van der Waals surface area contributed by atoms with Gasteiger partial charge in [0.05, 0.1) is 6.10 Å². The zero-order chi connectivity index (χ0) is 15.2. The van der Waals surface area contributed by atoms with Crippen LogP contribution in [-0.2, 0) is 11.3 Å². The van der Waals surface area contributed by atoms with Crippen LogP contribution in [0.5, 0.6) is 5.75 Å². The van der Waals surface area contributed by atoms with Crippen LogP contribution >= 0.6 is 0 Å². The van der Waals surface area contributed by atoms with Crippen molar-refractivity contribution in [1.29, 1.82) is 0 Å². The monoisotopic (exact) mass is 294 g/mol. The number of rotatable bonds is 7. The molecule has 1 aromatic carbocycles. The summed E-state index contributed by atoms with van der Waals surface area (Å²) in [7, 11) is 2.02. The normalized spacial score (nSPS) is 23.5. The first-order valence-electron chi connectivity index (χ1n) is 7.52. The van der Waals surface area contributed by atoms with E-state index in [4.69, 9.17) is 15.2 Å². The van der Waals surface area contributed by atoms with Gasteiger partial charge in [-0.1, -0.05) is 12.1 Å². The standard InChI is InChI=1S/C16H26N2O3/c1-12-16(7-8-20-12)18(2)10-14(19)11-21-15-5-3-13(9-17)4-6-15/h3-6,12,14,16,19H,7-11,17H2,1-2H3. The Morgan fingerprint density at radius 2 is 2.14 bits per heavy atom. The molecule has 1 heterocycles. The van der Waals surface area contributed by atoms with Gasteiger partial charge in [0.1, 0.15) is 18.5 Å². The van der Waals surface area contributed by atoms with Gasteiger partial charge in [0, 0.05) is 25.7 Å². The Morgan fingerprint density at radius 3 is 2.71 bits per heavy atom. The summed E-state index contributed by atoms with van der Waals surface area (Å²) in [6, 6.07) is 8.01. The second-order valence-corrected chi connectivity index (χ2v) is 5.68. The number of ether oxygens (including phenoxy) is 2. The molecule has 2 rings (SSSR count). The first-order chi connectivity index (χ1) is 10.1. The lowest BCUT2D eigenvalue weighted by Crippen LogP contribution is -2.42. The molecular weight excluding hydrogens is 268 g/mol. The molecule has 5 heteroatoms. The van der Waals surface area contributed by atoms with E-state index in [0.717, 1.165) is 24.3 Å². The molecule has 0 saturated carbocycles. The summed E-state index contributed by atoms with van der Waals surface area (Å²) in [6.45, 7) is 4.27. The van der Waals surface area contributed by atoms with Crippen LogP contribution in [0, 0.1) is 0 Å². The molecule has 3 N–H and O–H groups in total. The largest absolute Gasteiger partial charge is 0.491 e. The van der Waals surface area contributed by atoms with Gasteiger partial charge in [-0.05, 0) is 38.1 Å². The molecule has 3 atom stereocenters. The lowest BCUT2D eigenvalue weighted by atomic mass is 10.1. The molecule has 118 valence electrons. The van der Waals surface area contributed by atoms with Crippen LogP contribution in [-0.4, -0.2) is 55.1 Å². The molecule has 1 aliphatic heterocycles. The number of benzene rings is 1. The molecule has 0 spiro atoms. The first-order valence-corrected chi connectivity index (χ1v) is 7.52. The fourth-order valence-electron chi connectivity index (χ4n) is 2.73. The zero-order valence-electron chi connectivity index (χ0n) is 12.9. The van der Waals surface area contributed by atoms with Gasteiger partial charge >= 0.3 is 0 Å². The SMILES string of the molecule is CC1OCCC1N(C)CC(O)COc1ccc(CN)cc1. The first kappa shape index (κ1) is 16.2. The molecule has 1 fully saturated rings. The van der Waals surface area contributed by atoms with Crippen LogP contribution in [0.1, 0.15) is 18.9 Å². The highest BCUT2D eigenvalue weighted by Crippen LogP contribution is 2.18. The summed E-state index contributed by atoms with van der Waals surface area (Å²) in [4.78, 5) is 2.16. The average molecular weight is 294 g/mol. The predicted molar refractivity (Wildman–Crippen MR) is 82.3 cm³/mol. The summed E-state index contributed by atoms with van der Waals surface area (Å²) in [5, 5.41) is 10.1. The van der Waals surface area contributed by atoms with Gasteiger partial charge in [0.15, 0.2) is 0 Å². The summed E-state index contributed by atoms with van der Waals surface area (Å²) in [6.07, 6.45) is 0.732. The van der Waals surface area contributed by atoms with E-state index in [-0.39, 0.29) is 12.7 Å². The molecule has 3 unspecified atom stereocenters. The van der Waals surface area contributed by atoms with Crippen molar-refractivity contribution in [3.63, 3.8) is 0 Å². The molecule has 21 heavy (non-hydrogen) atoms. The molecule has 1 aliphatic rings. The van der Waals surface area contributed by atoms with E-state index in [1.807, 2.05) is 31.3 Å². The Balaban J connectivity index is 1.74. The molecule has 0 radical (unpaired) electrons. The number of hydrogen-bond acceptors (Lipinski definition) is 5. The van der Waals surface area contributed by atoms with Gasteiger partial charge in [-0.3, -0.25) is 4.90 Å². The second kappa shape index (κ2) is 7.75. The summed E-state index contributed by atoms with van der Waals surface area (Å²) >= 11 is 0. The van der Waals surface area contributed by atoms with E-state index in [9.17, 15) is 5.11 Å². The molecule has 0 aliphatic carbocycles. The van der Waals surface area contributed by atoms with Crippen molar-refractivity contribution in [3.8, 4) is 5.75 Å². The van der Waals surface area contributed by atoms with Gasteiger partial charge in [0.2, 0.25) is 0 Å². The van der Waals surface area contributed by atoms with Crippen molar-refractivity contribution in [2.75, 3.05) is 26.8 Å². The summed E-state index contributed by atoms with van der Waals surface area (Å²) < 4.78 is 11.2. The third kappa shape index (κ3) is 4.68. The topological polar surface area (TPSA) is 68.0 Å².